The summed E-state index contributed by atoms with van der Waals surface area (Å²) >= 11 is 0. The first-order valence-corrected chi connectivity index (χ1v) is 3.46. The Kier molecular flexibility index (Phi) is 2.37. The SMILES string of the molecule is F[C@H]1CCCN[C@@H]1C(F)(F)F. The minimum Gasteiger partial charge on any atom is -0.304 e. The highest BCUT2D eigenvalue weighted by atomic mass is 19.4. The molecule has 1 aliphatic rings. The Morgan fingerprint density at radius 3 is 2.27 bits per heavy atom. The molecule has 0 amide bonds. The third kappa shape index (κ3) is 2.05. The Morgan fingerprint density at radius 1 is 1.27 bits per heavy atom. The van der Waals surface area contributed by atoms with Crippen molar-refractivity contribution in [3.05, 3.63) is 0 Å². The predicted octanol–water partition coefficient (Wildman–Crippen LogP) is 1.64. The average molecular weight is 171 g/mol. The van der Waals surface area contributed by atoms with Gasteiger partial charge in [-0.2, -0.15) is 13.2 Å². The van der Waals surface area contributed by atoms with Crippen LogP contribution in [-0.4, -0.2) is 24.9 Å². The summed E-state index contributed by atoms with van der Waals surface area (Å²) in [4.78, 5) is 0. The summed E-state index contributed by atoms with van der Waals surface area (Å²) in [5, 5.41) is 2.11. The number of rotatable bonds is 0. The fourth-order valence-electron chi connectivity index (χ4n) is 1.17. The van der Waals surface area contributed by atoms with Crippen molar-refractivity contribution in [1.29, 1.82) is 0 Å². The van der Waals surface area contributed by atoms with E-state index in [4.69, 9.17) is 0 Å². The van der Waals surface area contributed by atoms with E-state index in [1.807, 2.05) is 0 Å². The van der Waals surface area contributed by atoms with E-state index in [2.05, 4.69) is 5.32 Å². The van der Waals surface area contributed by atoms with E-state index in [0.29, 0.717) is 6.42 Å². The van der Waals surface area contributed by atoms with Crippen LogP contribution in [0, 0.1) is 0 Å². The Labute approximate surface area is 61.8 Å². The van der Waals surface area contributed by atoms with E-state index in [0.717, 1.165) is 0 Å². The van der Waals surface area contributed by atoms with Crippen LogP contribution in [0.1, 0.15) is 12.8 Å². The largest absolute Gasteiger partial charge is 0.406 e. The van der Waals surface area contributed by atoms with Gasteiger partial charge in [-0.1, -0.05) is 0 Å². The summed E-state index contributed by atoms with van der Waals surface area (Å²) in [6, 6.07) is -1.95. The molecule has 1 fully saturated rings. The van der Waals surface area contributed by atoms with E-state index < -0.39 is 18.4 Å². The van der Waals surface area contributed by atoms with Gasteiger partial charge in [-0.05, 0) is 19.4 Å². The van der Waals surface area contributed by atoms with Crippen LogP contribution in [0.5, 0.6) is 0 Å². The maximum Gasteiger partial charge on any atom is 0.406 e. The second-order valence-corrected chi connectivity index (χ2v) is 2.63. The fourth-order valence-corrected chi connectivity index (χ4v) is 1.17. The van der Waals surface area contributed by atoms with Crippen LogP contribution < -0.4 is 5.32 Å². The van der Waals surface area contributed by atoms with Gasteiger partial charge in [0.05, 0.1) is 0 Å². The molecule has 0 bridgehead atoms. The van der Waals surface area contributed by atoms with Gasteiger partial charge in [-0.15, -0.1) is 0 Å². The Morgan fingerprint density at radius 2 is 1.91 bits per heavy atom. The van der Waals surface area contributed by atoms with Gasteiger partial charge < -0.3 is 5.32 Å². The van der Waals surface area contributed by atoms with Crippen LogP contribution in [0.4, 0.5) is 17.6 Å². The number of piperidine rings is 1. The van der Waals surface area contributed by atoms with Crippen molar-refractivity contribution in [2.75, 3.05) is 6.54 Å². The van der Waals surface area contributed by atoms with Crippen molar-refractivity contribution in [2.45, 2.75) is 31.2 Å². The third-order valence-electron chi connectivity index (χ3n) is 1.74. The summed E-state index contributed by atoms with van der Waals surface area (Å²) in [6.07, 6.45) is -5.73. The van der Waals surface area contributed by atoms with Gasteiger partial charge in [0.2, 0.25) is 0 Å². The Balaban J connectivity index is 2.55. The monoisotopic (exact) mass is 171 g/mol. The quantitative estimate of drug-likeness (QED) is 0.546. The summed E-state index contributed by atoms with van der Waals surface area (Å²) in [7, 11) is 0. The van der Waals surface area contributed by atoms with E-state index in [-0.39, 0.29) is 13.0 Å². The van der Waals surface area contributed by atoms with Gasteiger partial charge >= 0.3 is 6.18 Å². The topological polar surface area (TPSA) is 12.0 Å². The molecule has 1 saturated heterocycles. The van der Waals surface area contributed by atoms with Crippen molar-refractivity contribution in [1.82, 2.24) is 5.32 Å². The molecule has 1 heterocycles. The number of nitrogens with one attached hydrogen (secondary N) is 1. The Hall–Kier alpha value is -0.320. The van der Waals surface area contributed by atoms with Crippen LogP contribution in [0.15, 0.2) is 0 Å². The lowest BCUT2D eigenvalue weighted by Gasteiger charge is -2.28. The molecule has 0 aromatic carbocycles. The van der Waals surface area contributed by atoms with Crippen LogP contribution in [0.3, 0.4) is 0 Å². The zero-order valence-electron chi connectivity index (χ0n) is 5.79. The summed E-state index contributed by atoms with van der Waals surface area (Å²) in [6.45, 7) is 0.255. The molecule has 0 aliphatic carbocycles. The maximum absolute atomic E-state index is 12.6. The smallest absolute Gasteiger partial charge is 0.304 e. The number of halogens is 4. The first-order chi connectivity index (χ1) is 5.02. The molecule has 0 aromatic heterocycles. The van der Waals surface area contributed by atoms with Crippen molar-refractivity contribution in [2.24, 2.45) is 0 Å². The van der Waals surface area contributed by atoms with Crippen molar-refractivity contribution in [3.8, 4) is 0 Å². The molecule has 1 N–H and O–H groups in total. The maximum atomic E-state index is 12.6. The van der Waals surface area contributed by atoms with Gasteiger partial charge in [-0.25, -0.2) is 4.39 Å². The van der Waals surface area contributed by atoms with Crippen molar-refractivity contribution < 1.29 is 17.6 Å². The van der Waals surface area contributed by atoms with E-state index >= 15 is 0 Å². The van der Waals surface area contributed by atoms with Crippen LogP contribution >= 0.6 is 0 Å². The average Bonchev–Trinajstić information content (AvgIpc) is 1.86. The molecule has 0 radical (unpaired) electrons. The minimum atomic E-state index is -4.44. The van der Waals surface area contributed by atoms with E-state index in [9.17, 15) is 17.6 Å². The van der Waals surface area contributed by atoms with Gasteiger partial charge in [0.15, 0.2) is 0 Å². The lowest BCUT2D eigenvalue weighted by Crippen LogP contribution is -2.52. The molecular formula is C6H9F4N. The van der Waals surface area contributed by atoms with Crippen molar-refractivity contribution >= 4 is 0 Å². The molecule has 1 aliphatic heterocycles. The number of hydrogen-bond donors (Lipinski definition) is 1. The molecule has 0 unspecified atom stereocenters. The van der Waals surface area contributed by atoms with Gasteiger partial charge in [0.25, 0.3) is 0 Å². The minimum absolute atomic E-state index is 0.0111. The predicted molar refractivity (Wildman–Crippen MR) is 32.0 cm³/mol. The molecular weight excluding hydrogens is 162 g/mol. The second-order valence-electron chi connectivity index (χ2n) is 2.63. The normalized spacial score (nSPS) is 33.8. The van der Waals surface area contributed by atoms with E-state index in [1.165, 1.54) is 0 Å². The lowest BCUT2D eigenvalue weighted by atomic mass is 10.0. The zero-order valence-corrected chi connectivity index (χ0v) is 5.79. The first-order valence-electron chi connectivity index (χ1n) is 3.46. The molecule has 1 nitrogen and oxygen atoms in total. The lowest BCUT2D eigenvalue weighted by molar-refractivity contribution is -0.174. The first kappa shape index (κ1) is 8.77. The molecule has 5 heteroatoms. The molecule has 11 heavy (non-hydrogen) atoms. The zero-order chi connectivity index (χ0) is 8.48. The molecule has 0 aromatic rings. The molecule has 2 atom stereocenters. The highest BCUT2D eigenvalue weighted by Crippen LogP contribution is 2.27. The standard InChI is InChI=1S/C6H9F4N/c7-4-2-1-3-11-5(4)6(8,9)10/h4-5,11H,1-3H2/t4-,5-/m0/s1. The second kappa shape index (κ2) is 2.97. The molecule has 66 valence electrons. The molecule has 1 rings (SSSR count). The van der Waals surface area contributed by atoms with E-state index in [1.54, 1.807) is 0 Å². The van der Waals surface area contributed by atoms with Crippen LogP contribution in [0.25, 0.3) is 0 Å². The summed E-state index contributed by atoms with van der Waals surface area (Å²) < 4.78 is 48.2. The van der Waals surface area contributed by atoms with Gasteiger partial charge in [-0.3, -0.25) is 0 Å². The molecule has 0 saturated carbocycles. The number of alkyl halides is 4. The van der Waals surface area contributed by atoms with Crippen molar-refractivity contribution in [3.63, 3.8) is 0 Å². The van der Waals surface area contributed by atoms with Crippen LogP contribution in [-0.2, 0) is 0 Å². The Bertz CT molecular complexity index is 133. The summed E-state index contributed by atoms with van der Waals surface area (Å²) in [5.41, 5.74) is 0. The van der Waals surface area contributed by atoms with Gasteiger partial charge in [0.1, 0.15) is 12.2 Å². The number of hydrogen-bond acceptors (Lipinski definition) is 1. The molecule has 0 spiro atoms. The fraction of sp³-hybridized carbons (Fsp3) is 1.00. The van der Waals surface area contributed by atoms with Crippen LogP contribution in [0.2, 0.25) is 0 Å². The third-order valence-corrected chi connectivity index (χ3v) is 1.74. The summed E-state index contributed by atoms with van der Waals surface area (Å²) in [5.74, 6) is 0. The highest BCUT2D eigenvalue weighted by molar-refractivity contribution is 4.86. The van der Waals surface area contributed by atoms with Gasteiger partial charge in [0, 0.05) is 0 Å². The highest BCUT2D eigenvalue weighted by Gasteiger charge is 2.45.